The topological polar surface area (TPSA) is 23.8 Å². The molecule has 3 aromatic carbocycles. The van der Waals surface area contributed by atoms with Gasteiger partial charge in [-0.25, -0.2) is 0 Å². The molecule has 0 aliphatic heterocycles. The molecule has 1 heteroatoms. The third kappa shape index (κ3) is 3.39. The van der Waals surface area contributed by atoms with E-state index in [1.165, 1.54) is 16.7 Å². The van der Waals surface area contributed by atoms with Gasteiger partial charge in [0.2, 0.25) is 0 Å². The van der Waals surface area contributed by atoms with Crippen LogP contribution in [0.5, 0.6) is 0 Å². The zero-order chi connectivity index (χ0) is 17.8. The molecule has 3 rings (SSSR count). The zero-order valence-electron chi connectivity index (χ0n) is 14.9. The second-order valence-electron chi connectivity index (χ2n) is 6.35. The maximum atomic E-state index is 9.98. The third-order valence-electron chi connectivity index (χ3n) is 4.60. The van der Waals surface area contributed by atoms with Crippen molar-refractivity contribution in [3.63, 3.8) is 0 Å². The minimum absolute atomic E-state index is 0.707. The van der Waals surface area contributed by atoms with Gasteiger partial charge in [-0.3, -0.25) is 0 Å². The SMILES string of the molecule is Cc1cc(C)c(/C(=C(\C#N)c2ccccc2)c2ccccc2)cc1C. The Bertz CT molecular complexity index is 958. The number of nitriles is 1. The van der Waals surface area contributed by atoms with E-state index >= 15 is 0 Å². The summed E-state index contributed by atoms with van der Waals surface area (Å²) in [5, 5.41) is 9.98. The van der Waals surface area contributed by atoms with Crippen LogP contribution in [-0.4, -0.2) is 0 Å². The Morgan fingerprint density at radius 2 is 1.20 bits per heavy atom. The highest BCUT2D eigenvalue weighted by Crippen LogP contribution is 2.34. The van der Waals surface area contributed by atoms with Crippen LogP contribution in [0.3, 0.4) is 0 Å². The van der Waals surface area contributed by atoms with Crippen molar-refractivity contribution in [3.8, 4) is 6.07 Å². The van der Waals surface area contributed by atoms with Gasteiger partial charge in [0.1, 0.15) is 6.07 Å². The van der Waals surface area contributed by atoms with E-state index in [1.54, 1.807) is 0 Å². The lowest BCUT2D eigenvalue weighted by atomic mass is 9.86. The molecule has 0 aliphatic carbocycles. The van der Waals surface area contributed by atoms with Crippen LogP contribution in [-0.2, 0) is 0 Å². The van der Waals surface area contributed by atoms with Crippen molar-refractivity contribution in [1.82, 2.24) is 0 Å². The van der Waals surface area contributed by atoms with Crippen LogP contribution in [0.2, 0.25) is 0 Å². The summed E-state index contributed by atoms with van der Waals surface area (Å²) in [5.41, 5.74) is 8.52. The summed E-state index contributed by atoms with van der Waals surface area (Å²) in [7, 11) is 0. The fraction of sp³-hybridized carbons (Fsp3) is 0.125. The molecule has 0 bridgehead atoms. The van der Waals surface area contributed by atoms with Crippen molar-refractivity contribution in [2.24, 2.45) is 0 Å². The van der Waals surface area contributed by atoms with Crippen LogP contribution >= 0.6 is 0 Å². The molecule has 0 heterocycles. The zero-order valence-corrected chi connectivity index (χ0v) is 14.9. The van der Waals surface area contributed by atoms with Crippen LogP contribution in [0.4, 0.5) is 0 Å². The Labute approximate surface area is 149 Å². The lowest BCUT2D eigenvalue weighted by Crippen LogP contribution is -1.98. The third-order valence-corrected chi connectivity index (χ3v) is 4.60. The molecule has 0 spiro atoms. The number of hydrogen-bond donors (Lipinski definition) is 0. The van der Waals surface area contributed by atoms with Crippen LogP contribution in [0.15, 0.2) is 72.8 Å². The Morgan fingerprint density at radius 3 is 1.76 bits per heavy atom. The maximum absolute atomic E-state index is 9.98. The summed E-state index contributed by atoms with van der Waals surface area (Å²) in [5.74, 6) is 0. The van der Waals surface area contributed by atoms with E-state index in [2.05, 4.69) is 51.1 Å². The molecular weight excluding hydrogens is 302 g/mol. The average molecular weight is 323 g/mol. The molecule has 0 amide bonds. The van der Waals surface area contributed by atoms with Crippen molar-refractivity contribution in [2.75, 3.05) is 0 Å². The van der Waals surface area contributed by atoms with E-state index in [0.717, 1.165) is 22.3 Å². The first kappa shape index (κ1) is 16.7. The van der Waals surface area contributed by atoms with Gasteiger partial charge >= 0.3 is 0 Å². The van der Waals surface area contributed by atoms with Gasteiger partial charge < -0.3 is 0 Å². The van der Waals surface area contributed by atoms with E-state index in [1.807, 2.05) is 48.5 Å². The molecule has 0 aromatic heterocycles. The Balaban J connectivity index is 2.38. The fourth-order valence-electron chi connectivity index (χ4n) is 3.14. The molecule has 0 N–H and O–H groups in total. The average Bonchev–Trinajstić information content (AvgIpc) is 2.64. The van der Waals surface area contributed by atoms with Crippen LogP contribution < -0.4 is 0 Å². The molecule has 0 aliphatic rings. The standard InChI is InChI=1S/C24H21N/c1-17-14-19(3)22(15-18(17)2)24(21-12-8-5-9-13-21)23(16-25)20-10-6-4-7-11-20/h4-15H,1-3H3/b24-23+. The number of aryl methyl sites for hydroxylation is 3. The van der Waals surface area contributed by atoms with E-state index < -0.39 is 0 Å². The highest BCUT2D eigenvalue weighted by atomic mass is 14.3. The number of benzene rings is 3. The lowest BCUT2D eigenvalue weighted by molar-refractivity contribution is 1.28. The van der Waals surface area contributed by atoms with E-state index in [-0.39, 0.29) is 0 Å². The largest absolute Gasteiger partial charge is 0.192 e. The monoisotopic (exact) mass is 323 g/mol. The smallest absolute Gasteiger partial charge is 0.100 e. The van der Waals surface area contributed by atoms with Crippen molar-refractivity contribution >= 4 is 11.1 Å². The van der Waals surface area contributed by atoms with Gasteiger partial charge in [0.25, 0.3) is 0 Å². The van der Waals surface area contributed by atoms with Crippen molar-refractivity contribution < 1.29 is 0 Å². The van der Waals surface area contributed by atoms with Gasteiger partial charge in [0.05, 0.1) is 5.57 Å². The summed E-state index contributed by atoms with van der Waals surface area (Å²) in [6, 6.07) is 27.0. The first-order valence-corrected chi connectivity index (χ1v) is 8.45. The number of allylic oxidation sites excluding steroid dienone is 1. The molecule has 0 saturated heterocycles. The minimum Gasteiger partial charge on any atom is -0.192 e. The van der Waals surface area contributed by atoms with Gasteiger partial charge in [-0.05, 0) is 54.2 Å². The highest BCUT2D eigenvalue weighted by Gasteiger charge is 2.16. The minimum atomic E-state index is 0.707. The molecule has 0 fully saturated rings. The molecule has 0 saturated carbocycles. The van der Waals surface area contributed by atoms with Gasteiger partial charge in [-0.1, -0.05) is 72.8 Å². The Morgan fingerprint density at radius 1 is 0.680 bits per heavy atom. The van der Waals surface area contributed by atoms with E-state index in [4.69, 9.17) is 0 Å². The van der Waals surface area contributed by atoms with E-state index in [9.17, 15) is 5.26 Å². The Hall–Kier alpha value is -3.11. The summed E-state index contributed by atoms with van der Waals surface area (Å²) >= 11 is 0. The fourth-order valence-corrected chi connectivity index (χ4v) is 3.14. The molecule has 3 aromatic rings. The molecule has 122 valence electrons. The van der Waals surface area contributed by atoms with Crippen molar-refractivity contribution in [2.45, 2.75) is 20.8 Å². The number of nitrogens with zero attached hydrogens (tertiary/aromatic N) is 1. The van der Waals surface area contributed by atoms with Crippen LogP contribution in [0, 0.1) is 32.1 Å². The first-order chi connectivity index (χ1) is 12.1. The lowest BCUT2D eigenvalue weighted by Gasteiger charge is -2.16. The predicted octanol–water partition coefficient (Wildman–Crippen LogP) is 6.09. The van der Waals surface area contributed by atoms with E-state index in [0.29, 0.717) is 5.57 Å². The number of rotatable bonds is 3. The van der Waals surface area contributed by atoms with Gasteiger partial charge in [0.15, 0.2) is 0 Å². The number of hydrogen-bond acceptors (Lipinski definition) is 1. The normalized spacial score (nSPS) is 11.6. The Kier molecular flexibility index (Phi) is 4.82. The molecular formula is C24H21N. The molecule has 0 unspecified atom stereocenters. The second kappa shape index (κ2) is 7.20. The molecule has 25 heavy (non-hydrogen) atoms. The molecule has 1 nitrogen and oxygen atoms in total. The maximum Gasteiger partial charge on any atom is 0.100 e. The highest BCUT2D eigenvalue weighted by molar-refractivity contribution is 6.04. The van der Waals surface area contributed by atoms with Gasteiger partial charge in [0, 0.05) is 5.57 Å². The molecule has 0 atom stereocenters. The van der Waals surface area contributed by atoms with Gasteiger partial charge in [-0.2, -0.15) is 5.26 Å². The predicted molar refractivity (Wildman–Crippen MR) is 105 cm³/mol. The first-order valence-electron chi connectivity index (χ1n) is 8.45. The van der Waals surface area contributed by atoms with Gasteiger partial charge in [-0.15, -0.1) is 0 Å². The summed E-state index contributed by atoms with van der Waals surface area (Å²) in [6.45, 7) is 6.36. The van der Waals surface area contributed by atoms with Crippen molar-refractivity contribution in [1.29, 1.82) is 5.26 Å². The summed E-state index contributed by atoms with van der Waals surface area (Å²) in [6.07, 6.45) is 0. The second-order valence-corrected chi connectivity index (χ2v) is 6.35. The molecule has 0 radical (unpaired) electrons. The van der Waals surface area contributed by atoms with Crippen LogP contribution in [0.25, 0.3) is 11.1 Å². The summed E-state index contributed by atoms with van der Waals surface area (Å²) in [4.78, 5) is 0. The van der Waals surface area contributed by atoms with Crippen molar-refractivity contribution in [3.05, 3.63) is 106 Å². The van der Waals surface area contributed by atoms with Crippen LogP contribution in [0.1, 0.15) is 33.4 Å². The summed E-state index contributed by atoms with van der Waals surface area (Å²) < 4.78 is 0. The quantitative estimate of drug-likeness (QED) is 0.422.